The van der Waals surface area contributed by atoms with E-state index >= 15 is 0 Å². The highest BCUT2D eigenvalue weighted by Crippen LogP contribution is 2.16. The normalized spacial score (nSPS) is 12.2. The van der Waals surface area contributed by atoms with Crippen LogP contribution in [0.2, 0.25) is 0 Å². The molecule has 0 amide bonds. The van der Waals surface area contributed by atoms with Crippen molar-refractivity contribution in [2.45, 2.75) is 284 Å². The van der Waals surface area contributed by atoms with Crippen LogP contribution < -0.4 is 0 Å². The predicted octanol–water partition coefficient (Wildman–Crippen LogP) is 17.3. The first-order chi connectivity index (χ1) is 30.0. The second-order valence-electron chi connectivity index (χ2n) is 17.8. The van der Waals surface area contributed by atoms with Crippen LogP contribution in [0, 0.1) is 0 Å². The van der Waals surface area contributed by atoms with Crippen molar-refractivity contribution in [1.82, 2.24) is 0 Å². The molecule has 0 rings (SSSR count). The van der Waals surface area contributed by atoms with E-state index < -0.39 is 6.10 Å². The van der Waals surface area contributed by atoms with E-state index in [0.29, 0.717) is 19.3 Å². The van der Waals surface area contributed by atoms with E-state index in [0.717, 1.165) is 83.5 Å². The van der Waals surface area contributed by atoms with Crippen molar-refractivity contribution >= 4 is 17.9 Å². The molecule has 1 atom stereocenters. The second-order valence-corrected chi connectivity index (χ2v) is 17.8. The smallest absolute Gasteiger partial charge is 0.306 e. The van der Waals surface area contributed by atoms with Crippen LogP contribution in [0.5, 0.6) is 0 Å². The molecule has 6 heteroatoms. The highest BCUT2D eigenvalue weighted by Gasteiger charge is 2.19. The molecule has 0 aliphatic rings. The molecular formula is C55H100O6. The Bertz CT molecular complexity index is 1030. The van der Waals surface area contributed by atoms with Gasteiger partial charge >= 0.3 is 17.9 Å². The van der Waals surface area contributed by atoms with Crippen LogP contribution in [0.1, 0.15) is 278 Å². The molecule has 0 radical (unpaired) electrons. The number of esters is 3. The van der Waals surface area contributed by atoms with E-state index in [-0.39, 0.29) is 31.1 Å². The van der Waals surface area contributed by atoms with Crippen molar-refractivity contribution in [3.63, 3.8) is 0 Å². The van der Waals surface area contributed by atoms with Crippen molar-refractivity contribution < 1.29 is 28.6 Å². The lowest BCUT2D eigenvalue weighted by atomic mass is 10.0. The third-order valence-electron chi connectivity index (χ3n) is 11.7. The Hall–Kier alpha value is -2.37. The average Bonchev–Trinajstić information content (AvgIpc) is 3.26. The van der Waals surface area contributed by atoms with Gasteiger partial charge < -0.3 is 14.2 Å². The topological polar surface area (TPSA) is 78.9 Å². The van der Waals surface area contributed by atoms with Gasteiger partial charge in [-0.15, -0.1) is 0 Å². The SMILES string of the molecule is CC/C=C\C/C=C\C/C=C\CCCCCCCCC(=O)OCC(COC(=O)CCCCCCCCCCCCCC)OC(=O)CCCCCCCCCCCCCCCCC. The van der Waals surface area contributed by atoms with Crippen molar-refractivity contribution in [2.75, 3.05) is 13.2 Å². The van der Waals surface area contributed by atoms with Gasteiger partial charge in [0.05, 0.1) is 0 Å². The highest BCUT2D eigenvalue weighted by molar-refractivity contribution is 5.71. The fourth-order valence-corrected chi connectivity index (χ4v) is 7.69. The molecule has 0 aliphatic heterocycles. The zero-order chi connectivity index (χ0) is 44.4. The second kappa shape index (κ2) is 50.3. The first kappa shape index (κ1) is 58.6. The van der Waals surface area contributed by atoms with E-state index in [1.54, 1.807) is 0 Å². The predicted molar refractivity (Wildman–Crippen MR) is 261 cm³/mol. The lowest BCUT2D eigenvalue weighted by molar-refractivity contribution is -0.167. The molecule has 61 heavy (non-hydrogen) atoms. The highest BCUT2D eigenvalue weighted by atomic mass is 16.6. The van der Waals surface area contributed by atoms with E-state index in [1.165, 1.54) is 154 Å². The van der Waals surface area contributed by atoms with Gasteiger partial charge in [-0.2, -0.15) is 0 Å². The summed E-state index contributed by atoms with van der Waals surface area (Å²) in [6.45, 7) is 6.54. The van der Waals surface area contributed by atoms with Gasteiger partial charge in [0.2, 0.25) is 0 Å². The molecule has 0 spiro atoms. The summed E-state index contributed by atoms with van der Waals surface area (Å²) in [5.74, 6) is -0.872. The maximum Gasteiger partial charge on any atom is 0.306 e. The number of unbranched alkanes of at least 4 members (excludes halogenated alkanes) is 31. The van der Waals surface area contributed by atoms with E-state index in [1.807, 2.05) is 0 Å². The minimum absolute atomic E-state index is 0.0719. The molecule has 0 bridgehead atoms. The molecule has 0 fully saturated rings. The number of hydrogen-bond donors (Lipinski definition) is 0. The molecule has 0 aromatic heterocycles. The first-order valence-corrected chi connectivity index (χ1v) is 26.5. The minimum atomic E-state index is -0.772. The summed E-state index contributed by atoms with van der Waals surface area (Å²) in [6.07, 6.45) is 58.4. The van der Waals surface area contributed by atoms with Gasteiger partial charge in [-0.25, -0.2) is 0 Å². The minimum Gasteiger partial charge on any atom is -0.462 e. The fraction of sp³-hybridized carbons (Fsp3) is 0.836. The van der Waals surface area contributed by atoms with Crippen LogP contribution >= 0.6 is 0 Å². The van der Waals surface area contributed by atoms with Crippen LogP contribution in [0.3, 0.4) is 0 Å². The third kappa shape index (κ3) is 48.5. The molecule has 0 aromatic carbocycles. The summed E-state index contributed by atoms with van der Waals surface area (Å²) in [4.78, 5) is 38.0. The lowest BCUT2D eigenvalue weighted by Crippen LogP contribution is -2.30. The monoisotopic (exact) mass is 857 g/mol. The number of hydrogen-bond acceptors (Lipinski definition) is 6. The largest absolute Gasteiger partial charge is 0.462 e. The number of allylic oxidation sites excluding steroid dienone is 6. The van der Waals surface area contributed by atoms with Crippen molar-refractivity contribution in [1.29, 1.82) is 0 Å². The zero-order valence-electron chi connectivity index (χ0n) is 40.7. The molecule has 0 aliphatic carbocycles. The van der Waals surface area contributed by atoms with E-state index in [9.17, 15) is 14.4 Å². The molecular weight excluding hydrogens is 757 g/mol. The third-order valence-corrected chi connectivity index (χ3v) is 11.7. The number of ether oxygens (including phenoxy) is 3. The number of carbonyl (C=O) groups is 3. The standard InChI is InChI=1S/C55H100O6/c1-4-7-10-13-16-19-22-25-27-29-30-33-36-39-42-45-48-54(57)60-51-52(50-59-53(56)47-44-41-38-35-32-24-21-18-15-12-9-6-3)61-55(58)49-46-43-40-37-34-31-28-26-23-20-17-14-11-8-5-2/h7,10,16,19,25,27,52H,4-6,8-9,11-15,17-18,20-24,26,28-51H2,1-3H3/b10-7-,19-16-,27-25-. The molecule has 0 saturated carbocycles. The average molecular weight is 857 g/mol. The van der Waals surface area contributed by atoms with Gasteiger partial charge in [0.1, 0.15) is 13.2 Å². The fourth-order valence-electron chi connectivity index (χ4n) is 7.69. The van der Waals surface area contributed by atoms with Gasteiger partial charge in [-0.3, -0.25) is 14.4 Å². The maximum atomic E-state index is 12.8. The maximum absolute atomic E-state index is 12.8. The Morgan fingerprint density at radius 2 is 0.639 bits per heavy atom. The van der Waals surface area contributed by atoms with E-state index in [2.05, 4.69) is 57.2 Å². The molecule has 0 N–H and O–H groups in total. The first-order valence-electron chi connectivity index (χ1n) is 26.5. The quantitative estimate of drug-likeness (QED) is 0.0262. The number of rotatable bonds is 48. The molecule has 0 heterocycles. The summed E-state index contributed by atoms with van der Waals surface area (Å²) in [7, 11) is 0. The molecule has 1 unspecified atom stereocenters. The summed E-state index contributed by atoms with van der Waals surface area (Å²) in [6, 6.07) is 0. The Morgan fingerprint density at radius 1 is 0.344 bits per heavy atom. The summed E-state index contributed by atoms with van der Waals surface area (Å²) in [5.41, 5.74) is 0. The Labute approximate surface area is 378 Å². The van der Waals surface area contributed by atoms with Gasteiger partial charge in [0.15, 0.2) is 6.10 Å². The van der Waals surface area contributed by atoms with Crippen molar-refractivity contribution in [2.24, 2.45) is 0 Å². The van der Waals surface area contributed by atoms with Gasteiger partial charge in [0.25, 0.3) is 0 Å². The van der Waals surface area contributed by atoms with Crippen LogP contribution in [0.4, 0.5) is 0 Å². The van der Waals surface area contributed by atoms with E-state index in [4.69, 9.17) is 14.2 Å². The van der Waals surface area contributed by atoms with Crippen LogP contribution in [0.25, 0.3) is 0 Å². The lowest BCUT2D eigenvalue weighted by Gasteiger charge is -2.18. The van der Waals surface area contributed by atoms with Gasteiger partial charge in [-0.05, 0) is 51.4 Å². The van der Waals surface area contributed by atoms with Crippen LogP contribution in [-0.4, -0.2) is 37.2 Å². The Kier molecular flexibility index (Phi) is 48.3. The molecule has 356 valence electrons. The Morgan fingerprint density at radius 3 is 1.00 bits per heavy atom. The van der Waals surface area contributed by atoms with Gasteiger partial charge in [0, 0.05) is 19.3 Å². The Balaban J connectivity index is 4.35. The van der Waals surface area contributed by atoms with Crippen LogP contribution in [0.15, 0.2) is 36.5 Å². The molecule has 0 saturated heterocycles. The van der Waals surface area contributed by atoms with Gasteiger partial charge in [-0.1, -0.05) is 243 Å². The summed E-state index contributed by atoms with van der Waals surface area (Å²) < 4.78 is 16.8. The van der Waals surface area contributed by atoms with Crippen LogP contribution in [-0.2, 0) is 28.6 Å². The summed E-state index contributed by atoms with van der Waals surface area (Å²) in [5, 5.41) is 0. The zero-order valence-corrected chi connectivity index (χ0v) is 40.7. The molecule has 6 nitrogen and oxygen atoms in total. The van der Waals surface area contributed by atoms with Crippen molar-refractivity contribution in [3.8, 4) is 0 Å². The molecule has 0 aromatic rings. The number of carbonyl (C=O) groups excluding carboxylic acids is 3. The van der Waals surface area contributed by atoms with Crippen molar-refractivity contribution in [3.05, 3.63) is 36.5 Å². The summed E-state index contributed by atoms with van der Waals surface area (Å²) >= 11 is 0.